The summed E-state index contributed by atoms with van der Waals surface area (Å²) >= 11 is 0. The predicted octanol–water partition coefficient (Wildman–Crippen LogP) is 23.0. The van der Waals surface area contributed by atoms with E-state index in [0.29, 0.717) is 0 Å². The summed E-state index contributed by atoms with van der Waals surface area (Å²) in [6.45, 7) is 4.13. The number of ether oxygens (including phenoxy) is 2. The molecule has 37 rings (SSSR count). The van der Waals surface area contributed by atoms with Crippen molar-refractivity contribution in [3.8, 4) is 0 Å². The Morgan fingerprint density at radius 3 is 0.406 bits per heavy atom. The van der Waals surface area contributed by atoms with Crippen molar-refractivity contribution >= 4 is 360 Å². The van der Waals surface area contributed by atoms with E-state index in [-0.39, 0.29) is 33.3 Å². The Kier molecular flexibility index (Phi) is 5.60. The van der Waals surface area contributed by atoms with E-state index in [1.165, 1.54) is 21.2 Å². The summed E-state index contributed by atoms with van der Waals surface area (Å²) in [7, 11) is -2.04. The SMILES string of the molecule is CC1(C)OC(C[PH+](c2ccccc2)c2ccccc2)C(C[PH+](c2ccccc2)c2ccccc2)O1.[Pt].c12c3c4c5c1c1c6c7c2c2c8c3c3c9c4c4c%10c5c5c1c1c6c6c%11c7c2c2c7c8c3c3c8c9c4c4c9c%10c5c5c1c1c6c6c%11c2c2c7c3c3c8c4c4c9c5c1c1c6c2c3c41. The van der Waals surface area contributed by atoms with E-state index >= 15 is 0 Å². The predicted molar refractivity (Wildman–Crippen MR) is 415 cm³/mol. The van der Waals surface area contributed by atoms with Crippen LogP contribution in [0.1, 0.15) is 13.8 Å². The fraction of sp³-hybridized carbons (Fsp3) is 0.0769. The first-order chi connectivity index (χ1) is 47.1. The first-order valence-corrected chi connectivity index (χ1v) is 38.3. The smallest absolute Gasteiger partial charge is 0.164 e. The van der Waals surface area contributed by atoms with Crippen LogP contribution in [0.25, 0.3) is 323 Å². The van der Waals surface area contributed by atoms with Crippen LogP contribution in [0.2, 0.25) is 0 Å². The molecule has 1 heterocycles. The van der Waals surface area contributed by atoms with Gasteiger partial charge in [0.05, 0.1) is 49.4 Å². The number of hydrogen-bond donors (Lipinski definition) is 0. The molecule has 0 aromatic heterocycles. The molecule has 0 radical (unpaired) electrons. The van der Waals surface area contributed by atoms with Crippen molar-refractivity contribution in [2.75, 3.05) is 12.3 Å². The van der Waals surface area contributed by atoms with Gasteiger partial charge in [-0.15, -0.1) is 0 Å². The van der Waals surface area contributed by atoms with Crippen LogP contribution in [-0.2, 0) is 30.5 Å². The molecule has 1 aliphatic heterocycles. The Morgan fingerprint density at radius 2 is 0.302 bits per heavy atom. The molecule has 96 heavy (non-hydrogen) atoms. The van der Waals surface area contributed by atoms with Gasteiger partial charge >= 0.3 is 0 Å². The molecule has 0 aliphatic carbocycles. The Labute approximate surface area is 552 Å². The van der Waals surface area contributed by atoms with E-state index in [2.05, 4.69) is 135 Å². The molecule has 0 bridgehead atoms. The van der Waals surface area contributed by atoms with Gasteiger partial charge in [-0.3, -0.25) is 0 Å². The number of hydrogen-bond acceptors (Lipinski definition) is 2. The summed E-state index contributed by atoms with van der Waals surface area (Å²) < 4.78 is 13.3. The van der Waals surface area contributed by atoms with Crippen molar-refractivity contribution in [2.45, 2.75) is 31.8 Å². The van der Waals surface area contributed by atoms with E-state index in [0.717, 1.165) is 12.3 Å². The van der Waals surface area contributed by atoms with E-state index in [9.17, 15) is 0 Å². The minimum atomic E-state index is -1.02. The minimum absolute atomic E-state index is 0. The van der Waals surface area contributed by atoms with Gasteiger partial charge in [-0.05, 0) is 62.4 Å². The second-order valence-electron chi connectivity index (χ2n) is 32.0. The molecule has 36 aromatic carbocycles. The monoisotopic (exact) mass is 1420 g/mol. The molecule has 0 spiro atoms. The fourth-order valence-electron chi connectivity index (χ4n) is 27.5. The van der Waals surface area contributed by atoms with Crippen LogP contribution < -0.4 is 21.2 Å². The van der Waals surface area contributed by atoms with Crippen LogP contribution in [0.3, 0.4) is 0 Å². The molecule has 0 amide bonds. The molecule has 1 saturated heterocycles. The Balaban J connectivity index is 0.000000116. The Bertz CT molecular complexity index is 5780. The second kappa shape index (κ2) is 12.1. The van der Waals surface area contributed by atoms with Crippen LogP contribution in [0.15, 0.2) is 121 Å². The van der Waals surface area contributed by atoms with E-state index in [1.54, 1.807) is 323 Å². The van der Waals surface area contributed by atoms with Gasteiger partial charge in [0.25, 0.3) is 0 Å². The molecule has 2 nitrogen and oxygen atoms in total. The zero-order valence-electron chi connectivity index (χ0n) is 50.7. The molecular weight excluding hydrogens is 1380 g/mol. The molecule has 5 heteroatoms. The van der Waals surface area contributed by atoms with E-state index < -0.39 is 21.6 Å². The molecule has 2 unspecified atom stereocenters. The largest absolute Gasteiger partial charge is 0.341 e. The summed E-state index contributed by atoms with van der Waals surface area (Å²) in [6, 6.07) is 43.9. The summed E-state index contributed by atoms with van der Waals surface area (Å²) in [5.41, 5.74) is 0. The zero-order chi connectivity index (χ0) is 58.7. The number of rotatable bonds is 8. The van der Waals surface area contributed by atoms with Gasteiger partial charge in [0.1, 0.15) is 12.2 Å². The molecule has 36 aromatic rings. The quantitative estimate of drug-likeness (QED) is 0.112. The molecule has 428 valence electrons. The fourth-order valence-corrected chi connectivity index (χ4v) is 33.0. The summed E-state index contributed by atoms with van der Waals surface area (Å²) in [5.74, 6) is -0.573. The van der Waals surface area contributed by atoms with Crippen molar-refractivity contribution in [1.82, 2.24) is 0 Å². The Hall–Kier alpha value is -9.45. The molecule has 0 saturated carbocycles. The van der Waals surface area contributed by atoms with Gasteiger partial charge in [-0.25, -0.2) is 0 Å². The second-order valence-corrected chi connectivity index (χ2v) is 37.1. The maximum atomic E-state index is 6.63. The van der Waals surface area contributed by atoms with Gasteiger partial charge in [0, 0.05) is 344 Å². The van der Waals surface area contributed by atoms with Crippen molar-refractivity contribution in [3.63, 3.8) is 0 Å². The van der Waals surface area contributed by atoms with Crippen LogP contribution in [0, 0.1) is 0 Å². The average Bonchev–Trinajstić information content (AvgIpc) is 1.39. The molecule has 2 atom stereocenters. The van der Waals surface area contributed by atoms with Crippen molar-refractivity contribution in [1.29, 1.82) is 0 Å². The standard InChI is InChI=1S/C60.C31H32O2P2.Pt/c1-2-5-6-3(1)8-12-10-4(1)9-11-7(2)17-21-13(5)23-24-14(6)22-18(8)28-20(12)30-26-16(10)15(9)25-29-19(11)27(17)37-41-31(21)33(23)43-44-34(24)32(22)42-38(28)48-40(30)46-36(26)35(25)45-39(29)47(37)55-49(41)51(43)57-52(44)50(42)56(48)59-54(46)53(45)58(55)60(57)59;1-31(2)32-29(23-34(25-15-7-3-8-16-25)26-17-9-4-10-18-26)30(33-31)24-35(27-19-11-5-12-20-27)28-21-13-6-14-22-28;/h;3-22,29-30H,23-24H2,1-2H3;/p+2. The maximum absolute atomic E-state index is 6.63. The first kappa shape index (κ1) is 44.3. The molecular formula is C91H34O2P2Pt+2. The third kappa shape index (κ3) is 3.34. The minimum Gasteiger partial charge on any atom is -0.341 e. The normalized spacial score (nSPS) is 18.3. The average molecular weight is 1420 g/mol. The maximum Gasteiger partial charge on any atom is 0.164 e. The van der Waals surface area contributed by atoms with Crippen LogP contribution in [0.4, 0.5) is 0 Å². The third-order valence-corrected chi connectivity index (χ3v) is 34.8. The van der Waals surface area contributed by atoms with Crippen LogP contribution in [-0.4, -0.2) is 30.3 Å². The topological polar surface area (TPSA) is 18.5 Å². The number of benzene rings is 24. The van der Waals surface area contributed by atoms with Crippen LogP contribution >= 0.6 is 15.8 Å². The van der Waals surface area contributed by atoms with Crippen molar-refractivity contribution in [2.24, 2.45) is 0 Å². The summed E-state index contributed by atoms with van der Waals surface area (Å²) in [5, 5.41) is 106. The van der Waals surface area contributed by atoms with Gasteiger partial charge in [-0.2, -0.15) is 0 Å². The third-order valence-electron chi connectivity index (χ3n) is 29.1. The molecule has 1 fully saturated rings. The van der Waals surface area contributed by atoms with Gasteiger partial charge < -0.3 is 9.47 Å². The summed E-state index contributed by atoms with van der Waals surface area (Å²) in [4.78, 5) is 0. The Morgan fingerprint density at radius 1 is 0.198 bits per heavy atom. The summed E-state index contributed by atoms with van der Waals surface area (Å²) in [6.07, 6.45) is 2.11. The van der Waals surface area contributed by atoms with E-state index in [4.69, 9.17) is 9.47 Å². The van der Waals surface area contributed by atoms with Gasteiger partial charge in [-0.1, -0.05) is 72.8 Å². The van der Waals surface area contributed by atoms with Gasteiger partial charge in [0.2, 0.25) is 0 Å². The van der Waals surface area contributed by atoms with Gasteiger partial charge in [0.15, 0.2) is 5.79 Å². The zero-order valence-corrected chi connectivity index (χ0v) is 55.0. The van der Waals surface area contributed by atoms with Crippen molar-refractivity contribution < 1.29 is 30.5 Å². The first-order valence-electron chi connectivity index (χ1n) is 34.9. The molecule has 1 aliphatic rings. The van der Waals surface area contributed by atoms with Crippen molar-refractivity contribution in [3.05, 3.63) is 121 Å². The van der Waals surface area contributed by atoms with Crippen LogP contribution in [0.5, 0.6) is 0 Å². The van der Waals surface area contributed by atoms with E-state index in [1.807, 2.05) is 0 Å². The molecule has 0 N–H and O–H groups in total.